The first-order valence-electron chi connectivity index (χ1n) is 8.88. The van der Waals surface area contributed by atoms with Gasteiger partial charge in [-0.25, -0.2) is 0 Å². The predicted octanol–water partition coefficient (Wildman–Crippen LogP) is 4.09. The molecule has 0 unspecified atom stereocenters. The van der Waals surface area contributed by atoms with Gasteiger partial charge in [0.2, 0.25) is 0 Å². The third-order valence-corrected chi connectivity index (χ3v) is 11.4. The third kappa shape index (κ3) is 3.17. The molecule has 2 N–H and O–H groups in total. The monoisotopic (exact) mass is 328 g/mol. The molecule has 0 bridgehead atoms. The highest BCUT2D eigenvalue weighted by Crippen LogP contribution is 2.56. The molecular formula is C18H36O3Si. The van der Waals surface area contributed by atoms with Crippen LogP contribution in [0.2, 0.25) is 18.1 Å². The average molecular weight is 329 g/mol. The molecule has 0 spiro atoms. The van der Waals surface area contributed by atoms with Crippen molar-refractivity contribution in [3.05, 3.63) is 0 Å². The molecule has 0 aromatic rings. The standard InChI is InChI=1S/C18H36O3Si/c1-16(2,3)22(6,7)21-15-9-11-18(5,20)14-12-13(19)8-10-17(14,15)4/h13-15,19-20H,8-12H2,1-7H3/t13-,14+,15+,17+,18-/m1/s1. The van der Waals surface area contributed by atoms with E-state index in [0.29, 0.717) is 6.42 Å². The Morgan fingerprint density at radius 2 is 1.68 bits per heavy atom. The highest BCUT2D eigenvalue weighted by atomic mass is 28.4. The lowest BCUT2D eigenvalue weighted by atomic mass is 9.53. The molecule has 0 radical (unpaired) electrons. The summed E-state index contributed by atoms with van der Waals surface area (Å²) >= 11 is 0. The van der Waals surface area contributed by atoms with Crippen LogP contribution in [0.1, 0.15) is 66.7 Å². The molecule has 22 heavy (non-hydrogen) atoms. The van der Waals surface area contributed by atoms with E-state index in [2.05, 4.69) is 40.8 Å². The van der Waals surface area contributed by atoms with Crippen molar-refractivity contribution in [3.63, 3.8) is 0 Å². The Morgan fingerprint density at radius 3 is 2.23 bits per heavy atom. The Hall–Kier alpha value is 0.0969. The molecule has 0 heterocycles. The van der Waals surface area contributed by atoms with Crippen LogP contribution in [0.5, 0.6) is 0 Å². The van der Waals surface area contributed by atoms with E-state index in [-0.39, 0.29) is 28.6 Å². The molecule has 2 rings (SSSR count). The lowest BCUT2D eigenvalue weighted by Crippen LogP contribution is -2.61. The van der Waals surface area contributed by atoms with Gasteiger partial charge < -0.3 is 14.6 Å². The summed E-state index contributed by atoms with van der Waals surface area (Å²) in [6.45, 7) is 15.7. The summed E-state index contributed by atoms with van der Waals surface area (Å²) in [5.41, 5.74) is -0.695. The summed E-state index contributed by atoms with van der Waals surface area (Å²) in [6, 6.07) is 0. The first-order valence-corrected chi connectivity index (χ1v) is 11.8. The van der Waals surface area contributed by atoms with Crippen molar-refractivity contribution < 1.29 is 14.6 Å². The Bertz CT molecular complexity index is 413. The van der Waals surface area contributed by atoms with Gasteiger partial charge in [-0.3, -0.25) is 0 Å². The largest absolute Gasteiger partial charge is 0.413 e. The van der Waals surface area contributed by atoms with Gasteiger partial charge in [-0.15, -0.1) is 0 Å². The molecule has 3 nitrogen and oxygen atoms in total. The summed E-state index contributed by atoms with van der Waals surface area (Å²) in [4.78, 5) is 0. The predicted molar refractivity (Wildman–Crippen MR) is 93.4 cm³/mol. The second-order valence-electron chi connectivity index (χ2n) is 9.75. The van der Waals surface area contributed by atoms with E-state index < -0.39 is 13.9 Å². The van der Waals surface area contributed by atoms with E-state index in [4.69, 9.17) is 4.43 Å². The summed E-state index contributed by atoms with van der Waals surface area (Å²) in [7, 11) is -1.82. The molecule has 0 aromatic carbocycles. The zero-order valence-corrected chi connectivity index (χ0v) is 16.6. The van der Waals surface area contributed by atoms with Crippen LogP contribution < -0.4 is 0 Å². The van der Waals surface area contributed by atoms with Crippen LogP contribution in [-0.4, -0.2) is 36.3 Å². The van der Waals surface area contributed by atoms with Gasteiger partial charge in [0.25, 0.3) is 0 Å². The minimum atomic E-state index is -1.82. The molecule has 2 saturated carbocycles. The zero-order valence-electron chi connectivity index (χ0n) is 15.6. The van der Waals surface area contributed by atoms with Gasteiger partial charge in [0.05, 0.1) is 17.8 Å². The number of aliphatic hydroxyl groups excluding tert-OH is 1. The van der Waals surface area contributed by atoms with Crippen molar-refractivity contribution in [2.75, 3.05) is 0 Å². The molecule has 5 atom stereocenters. The summed E-state index contributed by atoms with van der Waals surface area (Å²) in [5.74, 6) is 0.132. The van der Waals surface area contributed by atoms with Crippen LogP contribution in [0.3, 0.4) is 0 Å². The fourth-order valence-electron chi connectivity index (χ4n) is 4.31. The summed E-state index contributed by atoms with van der Waals surface area (Å²) < 4.78 is 6.79. The van der Waals surface area contributed by atoms with Crippen molar-refractivity contribution in [2.24, 2.45) is 11.3 Å². The first-order chi connectivity index (χ1) is 9.80. The van der Waals surface area contributed by atoms with E-state index in [1.807, 2.05) is 6.92 Å². The average Bonchev–Trinajstić information content (AvgIpc) is 2.34. The van der Waals surface area contributed by atoms with Gasteiger partial charge in [-0.1, -0.05) is 27.7 Å². The third-order valence-electron chi connectivity index (χ3n) is 6.96. The van der Waals surface area contributed by atoms with Crippen LogP contribution in [-0.2, 0) is 4.43 Å². The van der Waals surface area contributed by atoms with Crippen LogP contribution >= 0.6 is 0 Å². The number of hydrogen-bond donors (Lipinski definition) is 2. The molecular weight excluding hydrogens is 292 g/mol. The summed E-state index contributed by atoms with van der Waals surface area (Å²) in [6.07, 6.45) is 4.15. The maximum atomic E-state index is 10.9. The van der Waals surface area contributed by atoms with Crippen molar-refractivity contribution in [2.45, 2.75) is 103 Å². The Labute approximate surface area is 137 Å². The van der Waals surface area contributed by atoms with Crippen molar-refractivity contribution in [1.82, 2.24) is 0 Å². The van der Waals surface area contributed by atoms with E-state index in [1.54, 1.807) is 0 Å². The maximum Gasteiger partial charge on any atom is 0.192 e. The number of aliphatic hydroxyl groups is 2. The van der Waals surface area contributed by atoms with Crippen LogP contribution in [0.4, 0.5) is 0 Å². The van der Waals surface area contributed by atoms with Gasteiger partial charge in [0.1, 0.15) is 0 Å². The molecule has 2 aliphatic rings. The van der Waals surface area contributed by atoms with Gasteiger partial charge in [-0.2, -0.15) is 0 Å². The second kappa shape index (κ2) is 5.57. The quantitative estimate of drug-likeness (QED) is 0.751. The van der Waals surface area contributed by atoms with Gasteiger partial charge >= 0.3 is 0 Å². The topological polar surface area (TPSA) is 49.7 Å². The molecule has 0 amide bonds. The second-order valence-corrected chi connectivity index (χ2v) is 14.5. The Kier molecular flexibility index (Phi) is 4.67. The van der Waals surface area contributed by atoms with Crippen molar-refractivity contribution in [1.29, 1.82) is 0 Å². The van der Waals surface area contributed by atoms with Crippen molar-refractivity contribution >= 4 is 8.32 Å². The molecule has 4 heteroatoms. The van der Waals surface area contributed by atoms with Crippen LogP contribution in [0, 0.1) is 11.3 Å². The smallest absolute Gasteiger partial charge is 0.192 e. The highest BCUT2D eigenvalue weighted by molar-refractivity contribution is 6.74. The summed E-state index contributed by atoms with van der Waals surface area (Å²) in [5, 5.41) is 21.2. The Morgan fingerprint density at radius 1 is 1.09 bits per heavy atom. The van der Waals surface area contributed by atoms with Gasteiger partial charge in [-0.05, 0) is 68.5 Å². The number of hydrogen-bond acceptors (Lipinski definition) is 3. The zero-order chi connectivity index (χ0) is 17.0. The fraction of sp³-hybridized carbons (Fsp3) is 1.00. The van der Waals surface area contributed by atoms with Crippen LogP contribution in [0.15, 0.2) is 0 Å². The van der Waals surface area contributed by atoms with E-state index >= 15 is 0 Å². The minimum Gasteiger partial charge on any atom is -0.413 e. The number of fused-ring (bicyclic) bond motifs is 1. The lowest BCUT2D eigenvalue weighted by molar-refractivity contribution is -0.177. The molecule has 2 fully saturated rings. The number of rotatable bonds is 2. The van der Waals surface area contributed by atoms with E-state index in [9.17, 15) is 10.2 Å². The van der Waals surface area contributed by atoms with Crippen LogP contribution in [0.25, 0.3) is 0 Å². The van der Waals surface area contributed by atoms with Gasteiger partial charge in [0, 0.05) is 0 Å². The Balaban J connectivity index is 2.27. The molecule has 0 aliphatic heterocycles. The fourth-order valence-corrected chi connectivity index (χ4v) is 5.77. The highest BCUT2D eigenvalue weighted by Gasteiger charge is 2.57. The molecule has 130 valence electrons. The lowest BCUT2D eigenvalue weighted by Gasteiger charge is -2.58. The minimum absolute atomic E-state index is 0.0174. The molecule has 2 aliphatic carbocycles. The normalized spacial score (nSPS) is 43.8. The van der Waals surface area contributed by atoms with Gasteiger partial charge in [0.15, 0.2) is 8.32 Å². The van der Waals surface area contributed by atoms with Crippen molar-refractivity contribution in [3.8, 4) is 0 Å². The first kappa shape index (κ1) is 18.4. The molecule has 0 aromatic heterocycles. The van der Waals surface area contributed by atoms with E-state index in [1.165, 1.54) is 0 Å². The van der Waals surface area contributed by atoms with E-state index in [0.717, 1.165) is 25.7 Å². The SMILES string of the molecule is CC(C)(C)[Si](C)(C)O[C@H]1CC[C@@](C)(O)[C@H]2C[C@H](O)CC[C@]12C. The molecule has 0 saturated heterocycles. The maximum absolute atomic E-state index is 10.9.